The van der Waals surface area contributed by atoms with Gasteiger partial charge in [-0.15, -0.1) is 0 Å². The molecule has 2 rings (SSSR count). The number of rotatable bonds is 4. The van der Waals surface area contributed by atoms with E-state index in [0.717, 1.165) is 5.69 Å². The first-order valence-corrected chi connectivity index (χ1v) is 6.37. The lowest BCUT2D eigenvalue weighted by Crippen LogP contribution is -2.31. The van der Waals surface area contributed by atoms with Crippen LogP contribution in [0.25, 0.3) is 0 Å². The third-order valence-electron chi connectivity index (χ3n) is 2.94. The first-order valence-electron chi connectivity index (χ1n) is 5.99. The van der Waals surface area contributed by atoms with Gasteiger partial charge in [-0.05, 0) is 26.0 Å². The zero-order valence-corrected chi connectivity index (χ0v) is 11.5. The number of benzene rings is 1. The van der Waals surface area contributed by atoms with Crippen molar-refractivity contribution in [2.45, 2.75) is 25.9 Å². The second kappa shape index (κ2) is 5.69. The number of hydrogen-bond acceptors (Lipinski definition) is 3. The zero-order valence-electron chi connectivity index (χ0n) is 10.8. The molecule has 0 bridgehead atoms. The average molecular weight is 283 g/mol. The third kappa shape index (κ3) is 2.63. The van der Waals surface area contributed by atoms with E-state index in [2.05, 4.69) is 10.5 Å². The van der Waals surface area contributed by atoms with Gasteiger partial charge in [-0.2, -0.15) is 5.10 Å². The molecule has 0 saturated carbocycles. The molecule has 1 heterocycles. The number of hydrazine groups is 1. The van der Waals surface area contributed by atoms with E-state index in [4.69, 9.17) is 17.4 Å². The quantitative estimate of drug-likeness (QED) is 0.670. The summed E-state index contributed by atoms with van der Waals surface area (Å²) in [6, 6.07) is 6.33. The monoisotopic (exact) mass is 282 g/mol. The standard InChI is InChI=1S/C13H16ClFN4/c1-8(2)19-11(6-7-17-19)13(18-16)9-4-3-5-10(14)12(9)15/h3-8,13,18H,16H2,1-2H3. The third-order valence-corrected chi connectivity index (χ3v) is 3.24. The predicted molar refractivity (Wildman–Crippen MR) is 73.2 cm³/mol. The van der Waals surface area contributed by atoms with Crippen LogP contribution >= 0.6 is 11.6 Å². The Morgan fingerprint density at radius 2 is 2.11 bits per heavy atom. The van der Waals surface area contributed by atoms with E-state index >= 15 is 0 Å². The van der Waals surface area contributed by atoms with Crippen LogP contribution in [0.3, 0.4) is 0 Å². The van der Waals surface area contributed by atoms with Gasteiger partial charge in [0, 0.05) is 17.8 Å². The molecule has 6 heteroatoms. The number of halogens is 2. The van der Waals surface area contributed by atoms with Gasteiger partial charge < -0.3 is 0 Å². The summed E-state index contributed by atoms with van der Waals surface area (Å²) in [7, 11) is 0. The first kappa shape index (κ1) is 14.0. The molecule has 0 amide bonds. The van der Waals surface area contributed by atoms with Gasteiger partial charge in [0.05, 0.1) is 16.8 Å². The minimum absolute atomic E-state index is 0.0772. The van der Waals surface area contributed by atoms with Crippen LogP contribution in [-0.2, 0) is 0 Å². The molecule has 0 aliphatic rings. The van der Waals surface area contributed by atoms with Gasteiger partial charge in [0.15, 0.2) is 0 Å². The summed E-state index contributed by atoms with van der Waals surface area (Å²) >= 11 is 5.81. The van der Waals surface area contributed by atoms with Gasteiger partial charge in [-0.25, -0.2) is 9.82 Å². The Kier molecular flexibility index (Phi) is 4.19. The molecular formula is C13H16ClFN4. The fourth-order valence-corrected chi connectivity index (χ4v) is 2.24. The summed E-state index contributed by atoms with van der Waals surface area (Å²) in [4.78, 5) is 0. The van der Waals surface area contributed by atoms with Crippen molar-refractivity contribution in [3.63, 3.8) is 0 Å². The Morgan fingerprint density at radius 3 is 2.74 bits per heavy atom. The van der Waals surface area contributed by atoms with E-state index in [0.29, 0.717) is 5.56 Å². The SMILES string of the molecule is CC(C)n1nccc1C(NN)c1cccc(Cl)c1F. The van der Waals surface area contributed by atoms with Crippen LogP contribution in [0.1, 0.15) is 37.2 Å². The van der Waals surface area contributed by atoms with Crippen LogP contribution < -0.4 is 11.3 Å². The molecule has 1 unspecified atom stereocenters. The molecule has 0 spiro atoms. The van der Waals surface area contributed by atoms with Crippen LogP contribution in [0.4, 0.5) is 4.39 Å². The normalized spacial score (nSPS) is 12.9. The lowest BCUT2D eigenvalue weighted by atomic mass is 10.0. The Bertz CT molecular complexity index is 568. The number of nitrogens with two attached hydrogens (primary N) is 1. The Morgan fingerprint density at radius 1 is 1.37 bits per heavy atom. The van der Waals surface area contributed by atoms with E-state index in [1.165, 1.54) is 6.07 Å². The molecule has 2 aromatic rings. The fraction of sp³-hybridized carbons (Fsp3) is 0.308. The van der Waals surface area contributed by atoms with Crippen LogP contribution in [0.5, 0.6) is 0 Å². The van der Waals surface area contributed by atoms with E-state index in [-0.39, 0.29) is 11.1 Å². The molecule has 0 radical (unpaired) electrons. The summed E-state index contributed by atoms with van der Waals surface area (Å²) in [6.07, 6.45) is 1.67. The van der Waals surface area contributed by atoms with Crippen molar-refractivity contribution in [3.05, 3.63) is 52.6 Å². The number of aromatic nitrogens is 2. The Hall–Kier alpha value is -1.43. The minimum atomic E-state index is -0.497. The number of hydrogen-bond donors (Lipinski definition) is 2. The number of nitrogens with one attached hydrogen (secondary N) is 1. The van der Waals surface area contributed by atoms with Gasteiger partial charge in [0.1, 0.15) is 5.82 Å². The van der Waals surface area contributed by atoms with Gasteiger partial charge in [-0.3, -0.25) is 10.5 Å². The van der Waals surface area contributed by atoms with E-state index in [1.54, 1.807) is 23.0 Å². The van der Waals surface area contributed by atoms with Gasteiger partial charge in [0.2, 0.25) is 0 Å². The molecular weight excluding hydrogens is 267 g/mol. The van der Waals surface area contributed by atoms with Crippen molar-refractivity contribution < 1.29 is 4.39 Å². The highest BCUT2D eigenvalue weighted by molar-refractivity contribution is 6.30. The Balaban J connectivity index is 2.50. The second-order valence-electron chi connectivity index (χ2n) is 4.54. The van der Waals surface area contributed by atoms with Crippen molar-refractivity contribution in [2.75, 3.05) is 0 Å². The summed E-state index contributed by atoms with van der Waals surface area (Å²) in [5, 5.41) is 4.31. The summed E-state index contributed by atoms with van der Waals surface area (Å²) in [5.41, 5.74) is 3.82. The molecule has 1 aromatic carbocycles. The molecule has 4 nitrogen and oxygen atoms in total. The topological polar surface area (TPSA) is 55.9 Å². The van der Waals surface area contributed by atoms with Gasteiger partial charge in [-0.1, -0.05) is 23.7 Å². The lowest BCUT2D eigenvalue weighted by molar-refractivity contribution is 0.467. The minimum Gasteiger partial charge on any atom is -0.271 e. The molecule has 19 heavy (non-hydrogen) atoms. The second-order valence-corrected chi connectivity index (χ2v) is 4.94. The maximum Gasteiger partial charge on any atom is 0.147 e. The van der Waals surface area contributed by atoms with E-state index < -0.39 is 11.9 Å². The largest absolute Gasteiger partial charge is 0.271 e. The molecule has 102 valence electrons. The van der Waals surface area contributed by atoms with Crippen LogP contribution in [0, 0.1) is 5.82 Å². The summed E-state index contributed by atoms with van der Waals surface area (Å²) < 4.78 is 15.9. The average Bonchev–Trinajstić information content (AvgIpc) is 2.85. The fourth-order valence-electron chi connectivity index (χ4n) is 2.06. The zero-order chi connectivity index (χ0) is 14.0. The van der Waals surface area contributed by atoms with E-state index in [9.17, 15) is 4.39 Å². The highest BCUT2D eigenvalue weighted by Crippen LogP contribution is 2.28. The van der Waals surface area contributed by atoms with Crippen LogP contribution in [0.15, 0.2) is 30.5 Å². The summed E-state index contributed by atoms with van der Waals surface area (Å²) in [5.74, 6) is 5.11. The molecule has 0 aliphatic heterocycles. The van der Waals surface area contributed by atoms with Crippen LogP contribution in [-0.4, -0.2) is 9.78 Å². The molecule has 0 saturated heterocycles. The number of nitrogens with zero attached hydrogens (tertiary/aromatic N) is 2. The maximum absolute atomic E-state index is 14.1. The van der Waals surface area contributed by atoms with Crippen molar-refractivity contribution in [2.24, 2.45) is 5.84 Å². The molecule has 1 atom stereocenters. The van der Waals surface area contributed by atoms with Crippen LogP contribution in [0.2, 0.25) is 5.02 Å². The van der Waals surface area contributed by atoms with Gasteiger partial charge in [0.25, 0.3) is 0 Å². The molecule has 3 N–H and O–H groups in total. The van der Waals surface area contributed by atoms with Crippen molar-refractivity contribution >= 4 is 11.6 Å². The van der Waals surface area contributed by atoms with Crippen molar-refractivity contribution in [3.8, 4) is 0 Å². The highest BCUT2D eigenvalue weighted by Gasteiger charge is 2.22. The molecule has 0 aliphatic carbocycles. The van der Waals surface area contributed by atoms with E-state index in [1.807, 2.05) is 19.9 Å². The predicted octanol–water partition coefficient (Wildman–Crippen LogP) is 2.81. The molecule has 0 fully saturated rings. The van der Waals surface area contributed by atoms with Crippen molar-refractivity contribution in [1.29, 1.82) is 0 Å². The van der Waals surface area contributed by atoms with Crippen molar-refractivity contribution in [1.82, 2.24) is 15.2 Å². The maximum atomic E-state index is 14.1. The van der Waals surface area contributed by atoms with Gasteiger partial charge >= 0.3 is 0 Å². The highest BCUT2D eigenvalue weighted by atomic mass is 35.5. The first-order chi connectivity index (χ1) is 9.06. The summed E-state index contributed by atoms with van der Waals surface area (Å²) in [6.45, 7) is 4.00. The Labute approximate surface area is 116 Å². The smallest absolute Gasteiger partial charge is 0.147 e. The lowest BCUT2D eigenvalue weighted by Gasteiger charge is -2.20. The molecule has 1 aromatic heterocycles.